The van der Waals surface area contributed by atoms with E-state index in [1.54, 1.807) is 17.8 Å². The molecular formula is C18H22N4O3. The first kappa shape index (κ1) is 17.2. The Balaban J connectivity index is 1.90. The highest BCUT2D eigenvalue weighted by molar-refractivity contribution is 6.07. The molecule has 0 aliphatic heterocycles. The van der Waals surface area contributed by atoms with E-state index in [1.165, 1.54) is 4.68 Å². The normalized spacial score (nSPS) is 11.3. The van der Waals surface area contributed by atoms with Crippen molar-refractivity contribution in [3.8, 4) is 0 Å². The van der Waals surface area contributed by atoms with Gasteiger partial charge in [0, 0.05) is 43.1 Å². The van der Waals surface area contributed by atoms with Gasteiger partial charge in [0.2, 0.25) is 5.91 Å². The Morgan fingerprint density at radius 1 is 1.28 bits per heavy atom. The Morgan fingerprint density at radius 2 is 2.08 bits per heavy atom. The van der Waals surface area contributed by atoms with Crippen molar-refractivity contribution in [2.24, 2.45) is 7.05 Å². The van der Waals surface area contributed by atoms with Gasteiger partial charge in [-0.25, -0.2) is 4.68 Å². The Labute approximate surface area is 145 Å². The summed E-state index contributed by atoms with van der Waals surface area (Å²) in [5.74, 6) is -0.127. The fourth-order valence-electron chi connectivity index (χ4n) is 2.95. The van der Waals surface area contributed by atoms with Crippen LogP contribution in [0, 0.1) is 0 Å². The van der Waals surface area contributed by atoms with Crippen molar-refractivity contribution in [3.05, 3.63) is 40.8 Å². The first-order chi connectivity index (χ1) is 12.1. The number of fused-ring (bicyclic) bond motifs is 3. The van der Waals surface area contributed by atoms with Crippen molar-refractivity contribution in [1.29, 1.82) is 0 Å². The standard InChI is InChI=1S/C18H22N4O3/c1-3-25-10-6-9-19-16(23)12-22-15-8-5-4-7-13(15)14-11-20-21(2)18(24)17(14)22/h4-5,7-8,11H,3,6,9-10,12H2,1-2H3,(H,19,23). The van der Waals surface area contributed by atoms with Crippen molar-refractivity contribution in [2.45, 2.75) is 19.9 Å². The number of amides is 1. The largest absolute Gasteiger partial charge is 0.382 e. The van der Waals surface area contributed by atoms with Crippen LogP contribution >= 0.6 is 0 Å². The molecule has 0 radical (unpaired) electrons. The van der Waals surface area contributed by atoms with Gasteiger partial charge in [0.05, 0.1) is 6.20 Å². The van der Waals surface area contributed by atoms with Gasteiger partial charge in [-0.15, -0.1) is 0 Å². The van der Waals surface area contributed by atoms with Gasteiger partial charge in [-0.2, -0.15) is 5.10 Å². The maximum Gasteiger partial charge on any atom is 0.291 e. The maximum atomic E-state index is 12.6. The van der Waals surface area contributed by atoms with Crippen LogP contribution in [0.3, 0.4) is 0 Å². The van der Waals surface area contributed by atoms with Gasteiger partial charge in [0.15, 0.2) is 0 Å². The zero-order chi connectivity index (χ0) is 17.8. The lowest BCUT2D eigenvalue weighted by Crippen LogP contribution is -2.30. The Kier molecular flexibility index (Phi) is 5.14. The topological polar surface area (TPSA) is 78.2 Å². The zero-order valence-corrected chi connectivity index (χ0v) is 14.5. The van der Waals surface area contributed by atoms with Crippen molar-refractivity contribution >= 4 is 27.7 Å². The van der Waals surface area contributed by atoms with Gasteiger partial charge in [-0.3, -0.25) is 9.59 Å². The first-order valence-corrected chi connectivity index (χ1v) is 8.41. The van der Waals surface area contributed by atoms with E-state index in [2.05, 4.69) is 10.4 Å². The molecule has 132 valence electrons. The van der Waals surface area contributed by atoms with E-state index in [4.69, 9.17) is 4.74 Å². The van der Waals surface area contributed by atoms with E-state index < -0.39 is 0 Å². The van der Waals surface area contributed by atoms with E-state index in [1.807, 2.05) is 31.2 Å². The SMILES string of the molecule is CCOCCCNC(=O)Cn1c2ccccc2c2cnn(C)c(=O)c21. The monoisotopic (exact) mass is 342 g/mol. The average Bonchev–Trinajstić information content (AvgIpc) is 2.92. The van der Waals surface area contributed by atoms with Crippen molar-refractivity contribution in [2.75, 3.05) is 19.8 Å². The molecule has 3 rings (SSSR count). The van der Waals surface area contributed by atoms with E-state index in [0.29, 0.717) is 25.3 Å². The second-order valence-electron chi connectivity index (χ2n) is 5.84. The average molecular weight is 342 g/mol. The molecule has 0 atom stereocenters. The molecule has 1 N–H and O–H groups in total. The number of hydrogen-bond donors (Lipinski definition) is 1. The number of nitrogens with zero attached hydrogens (tertiary/aromatic N) is 3. The molecule has 1 aromatic carbocycles. The summed E-state index contributed by atoms with van der Waals surface area (Å²) in [6.07, 6.45) is 2.44. The van der Waals surface area contributed by atoms with Gasteiger partial charge in [0.1, 0.15) is 12.1 Å². The summed E-state index contributed by atoms with van der Waals surface area (Å²) in [5, 5.41) is 8.67. The molecule has 3 aromatic rings. The maximum absolute atomic E-state index is 12.6. The first-order valence-electron chi connectivity index (χ1n) is 8.41. The molecule has 2 aromatic heterocycles. The quantitative estimate of drug-likeness (QED) is 0.659. The van der Waals surface area contributed by atoms with E-state index in [-0.39, 0.29) is 18.0 Å². The number of ether oxygens (including phenoxy) is 1. The lowest BCUT2D eigenvalue weighted by Gasteiger charge is -2.09. The van der Waals surface area contributed by atoms with Crippen LogP contribution in [0.5, 0.6) is 0 Å². The third-order valence-corrected chi connectivity index (χ3v) is 4.16. The number of aromatic nitrogens is 3. The fraction of sp³-hybridized carbons (Fsp3) is 0.389. The highest BCUT2D eigenvalue weighted by atomic mass is 16.5. The molecule has 0 aliphatic rings. The Hall–Kier alpha value is -2.67. The molecule has 0 saturated carbocycles. The van der Waals surface area contributed by atoms with Crippen LogP contribution in [0.15, 0.2) is 35.3 Å². The second-order valence-corrected chi connectivity index (χ2v) is 5.84. The molecule has 0 fully saturated rings. The summed E-state index contributed by atoms with van der Waals surface area (Å²) in [7, 11) is 1.61. The van der Waals surface area contributed by atoms with Crippen molar-refractivity contribution < 1.29 is 9.53 Å². The van der Waals surface area contributed by atoms with Crippen LogP contribution in [-0.2, 0) is 23.1 Å². The highest BCUT2D eigenvalue weighted by Crippen LogP contribution is 2.25. The number of para-hydroxylation sites is 1. The minimum absolute atomic E-state index is 0.0951. The van der Waals surface area contributed by atoms with E-state index in [9.17, 15) is 9.59 Å². The third kappa shape index (κ3) is 3.41. The lowest BCUT2D eigenvalue weighted by molar-refractivity contribution is -0.121. The number of nitrogens with one attached hydrogen (secondary N) is 1. The van der Waals surface area contributed by atoms with Crippen LogP contribution in [0.4, 0.5) is 0 Å². The van der Waals surface area contributed by atoms with Crippen LogP contribution in [0.1, 0.15) is 13.3 Å². The second kappa shape index (κ2) is 7.48. The highest BCUT2D eigenvalue weighted by Gasteiger charge is 2.16. The molecule has 0 spiro atoms. The summed E-state index contributed by atoms with van der Waals surface area (Å²) in [5.41, 5.74) is 1.15. The van der Waals surface area contributed by atoms with Gasteiger partial charge >= 0.3 is 0 Å². The molecule has 0 saturated heterocycles. The number of benzene rings is 1. The summed E-state index contributed by atoms with van der Waals surface area (Å²) in [6, 6.07) is 7.67. The minimum Gasteiger partial charge on any atom is -0.382 e. The molecule has 7 heteroatoms. The fourth-order valence-corrected chi connectivity index (χ4v) is 2.95. The number of hydrogen-bond acceptors (Lipinski definition) is 4. The van der Waals surface area contributed by atoms with Gasteiger partial charge < -0.3 is 14.6 Å². The number of aryl methyl sites for hydroxylation is 1. The van der Waals surface area contributed by atoms with Crippen LogP contribution in [0.2, 0.25) is 0 Å². The summed E-state index contributed by atoms with van der Waals surface area (Å²) >= 11 is 0. The van der Waals surface area contributed by atoms with Crippen molar-refractivity contribution in [1.82, 2.24) is 19.7 Å². The molecule has 7 nitrogen and oxygen atoms in total. The van der Waals surface area contributed by atoms with Crippen LogP contribution < -0.4 is 10.9 Å². The van der Waals surface area contributed by atoms with Crippen LogP contribution in [0.25, 0.3) is 21.8 Å². The summed E-state index contributed by atoms with van der Waals surface area (Å²) < 4.78 is 8.32. The molecule has 0 unspecified atom stereocenters. The molecule has 0 aliphatic carbocycles. The number of rotatable bonds is 7. The lowest BCUT2D eigenvalue weighted by atomic mass is 10.2. The van der Waals surface area contributed by atoms with Gasteiger partial charge in [-0.1, -0.05) is 18.2 Å². The minimum atomic E-state index is -0.210. The molecule has 1 amide bonds. The molecule has 0 bridgehead atoms. The molecule has 2 heterocycles. The Morgan fingerprint density at radius 3 is 2.88 bits per heavy atom. The summed E-state index contributed by atoms with van der Waals surface area (Å²) in [4.78, 5) is 24.9. The van der Waals surface area contributed by atoms with Gasteiger partial charge in [0.25, 0.3) is 5.56 Å². The Bertz CT molecular complexity index is 958. The van der Waals surface area contributed by atoms with E-state index in [0.717, 1.165) is 22.7 Å². The zero-order valence-electron chi connectivity index (χ0n) is 14.5. The molecular weight excluding hydrogens is 320 g/mol. The number of carbonyl (C=O) groups excluding carboxylic acids is 1. The predicted molar refractivity (Wildman–Crippen MR) is 96.6 cm³/mol. The molecule has 25 heavy (non-hydrogen) atoms. The van der Waals surface area contributed by atoms with E-state index >= 15 is 0 Å². The van der Waals surface area contributed by atoms with Crippen molar-refractivity contribution in [3.63, 3.8) is 0 Å². The number of carbonyl (C=O) groups is 1. The van der Waals surface area contributed by atoms with Crippen LogP contribution in [-0.4, -0.2) is 40.0 Å². The predicted octanol–water partition coefficient (Wildman–Crippen LogP) is 1.43. The smallest absolute Gasteiger partial charge is 0.291 e. The summed E-state index contributed by atoms with van der Waals surface area (Å²) in [6.45, 7) is 3.88. The third-order valence-electron chi connectivity index (χ3n) is 4.16. The van der Waals surface area contributed by atoms with Gasteiger partial charge in [-0.05, 0) is 19.4 Å².